The molecule has 0 spiro atoms. The van der Waals surface area contributed by atoms with E-state index in [0.717, 1.165) is 17.7 Å². The first-order chi connectivity index (χ1) is 12.8. The summed E-state index contributed by atoms with van der Waals surface area (Å²) in [5.41, 5.74) is 1.30. The maximum Gasteiger partial charge on any atom is 0.243 e. The molecule has 2 N–H and O–H groups in total. The van der Waals surface area contributed by atoms with Gasteiger partial charge in [0.05, 0.1) is 12.5 Å². The smallest absolute Gasteiger partial charge is 0.243 e. The van der Waals surface area contributed by atoms with Gasteiger partial charge in [-0.05, 0) is 36.1 Å². The van der Waals surface area contributed by atoms with E-state index in [1.54, 1.807) is 6.92 Å². The topological polar surface area (TPSA) is 58.2 Å². The number of rotatable bonds is 7. The predicted octanol–water partition coefficient (Wildman–Crippen LogP) is 3.53. The number of amides is 2. The van der Waals surface area contributed by atoms with Gasteiger partial charge in [-0.1, -0.05) is 50.2 Å². The molecule has 0 aliphatic heterocycles. The summed E-state index contributed by atoms with van der Waals surface area (Å²) in [6.45, 7) is 5.33. The second kappa shape index (κ2) is 9.26. The van der Waals surface area contributed by atoms with E-state index in [9.17, 15) is 18.4 Å². The second-order valence-electron chi connectivity index (χ2n) is 6.86. The van der Waals surface area contributed by atoms with Crippen LogP contribution in [0.5, 0.6) is 0 Å². The Labute approximate surface area is 158 Å². The van der Waals surface area contributed by atoms with E-state index < -0.39 is 23.7 Å². The van der Waals surface area contributed by atoms with Gasteiger partial charge < -0.3 is 10.6 Å². The van der Waals surface area contributed by atoms with E-state index in [1.165, 1.54) is 6.07 Å². The maximum absolute atomic E-state index is 13.4. The van der Waals surface area contributed by atoms with Gasteiger partial charge in [0.15, 0.2) is 11.6 Å². The van der Waals surface area contributed by atoms with Gasteiger partial charge in [0.2, 0.25) is 11.8 Å². The SMILES string of the molecule is CC(C)[C@@H](NC(=O)Cc1ccccc1)C(=O)N[C@H](C)c1ccc(F)c(F)c1. The van der Waals surface area contributed by atoms with Gasteiger partial charge in [-0.25, -0.2) is 8.78 Å². The van der Waals surface area contributed by atoms with Crippen molar-refractivity contribution in [3.05, 3.63) is 71.3 Å². The van der Waals surface area contributed by atoms with Gasteiger partial charge in [0, 0.05) is 0 Å². The van der Waals surface area contributed by atoms with Gasteiger partial charge in [-0.15, -0.1) is 0 Å². The first-order valence-electron chi connectivity index (χ1n) is 8.86. The van der Waals surface area contributed by atoms with Gasteiger partial charge >= 0.3 is 0 Å². The molecule has 4 nitrogen and oxygen atoms in total. The van der Waals surface area contributed by atoms with E-state index in [2.05, 4.69) is 10.6 Å². The Hall–Kier alpha value is -2.76. The Morgan fingerprint density at radius 2 is 1.59 bits per heavy atom. The average molecular weight is 374 g/mol. The molecule has 2 aromatic rings. The van der Waals surface area contributed by atoms with Crippen LogP contribution in [-0.4, -0.2) is 17.9 Å². The van der Waals surface area contributed by atoms with Gasteiger partial charge in [0.25, 0.3) is 0 Å². The van der Waals surface area contributed by atoms with Crippen molar-refractivity contribution in [1.82, 2.24) is 10.6 Å². The molecule has 0 saturated carbocycles. The lowest BCUT2D eigenvalue weighted by Gasteiger charge is -2.24. The normalized spacial score (nSPS) is 13.1. The minimum Gasteiger partial charge on any atom is -0.348 e. The quantitative estimate of drug-likeness (QED) is 0.779. The summed E-state index contributed by atoms with van der Waals surface area (Å²) in [6, 6.07) is 11.5. The Morgan fingerprint density at radius 1 is 0.926 bits per heavy atom. The highest BCUT2D eigenvalue weighted by Crippen LogP contribution is 2.16. The molecule has 0 radical (unpaired) electrons. The highest BCUT2D eigenvalue weighted by molar-refractivity contribution is 5.88. The van der Waals surface area contributed by atoms with Crippen molar-refractivity contribution in [2.75, 3.05) is 0 Å². The largest absolute Gasteiger partial charge is 0.348 e. The van der Waals surface area contributed by atoms with Crippen molar-refractivity contribution in [3.8, 4) is 0 Å². The number of hydrogen-bond acceptors (Lipinski definition) is 2. The fourth-order valence-electron chi connectivity index (χ4n) is 2.71. The zero-order chi connectivity index (χ0) is 20.0. The molecule has 2 rings (SSSR count). The average Bonchev–Trinajstić information content (AvgIpc) is 2.62. The predicted molar refractivity (Wildman–Crippen MR) is 99.8 cm³/mol. The Bertz CT molecular complexity index is 794. The molecule has 0 fully saturated rings. The lowest BCUT2D eigenvalue weighted by atomic mass is 10.0. The van der Waals surface area contributed by atoms with Crippen LogP contribution in [0.2, 0.25) is 0 Å². The zero-order valence-corrected chi connectivity index (χ0v) is 15.6. The van der Waals surface area contributed by atoms with E-state index in [1.807, 2.05) is 44.2 Å². The van der Waals surface area contributed by atoms with Crippen LogP contribution >= 0.6 is 0 Å². The number of benzene rings is 2. The summed E-state index contributed by atoms with van der Waals surface area (Å²) >= 11 is 0. The van der Waals surface area contributed by atoms with Crippen LogP contribution in [0.3, 0.4) is 0 Å². The summed E-state index contributed by atoms with van der Waals surface area (Å²) in [6.07, 6.45) is 0.177. The van der Waals surface area contributed by atoms with Crippen molar-refractivity contribution in [3.63, 3.8) is 0 Å². The van der Waals surface area contributed by atoms with Crippen LogP contribution in [-0.2, 0) is 16.0 Å². The number of hydrogen-bond donors (Lipinski definition) is 2. The second-order valence-corrected chi connectivity index (χ2v) is 6.86. The van der Waals surface area contributed by atoms with E-state index in [-0.39, 0.29) is 24.2 Å². The monoisotopic (exact) mass is 374 g/mol. The zero-order valence-electron chi connectivity index (χ0n) is 15.6. The third kappa shape index (κ3) is 5.88. The first-order valence-corrected chi connectivity index (χ1v) is 8.86. The highest BCUT2D eigenvalue weighted by atomic mass is 19.2. The van der Waals surface area contributed by atoms with Crippen molar-refractivity contribution in [1.29, 1.82) is 0 Å². The molecular formula is C21H24F2N2O2. The molecular weight excluding hydrogens is 350 g/mol. The standard InChI is InChI=1S/C21H24F2N2O2/c1-13(2)20(25-19(26)11-15-7-5-4-6-8-15)21(27)24-14(3)16-9-10-17(22)18(23)12-16/h4-10,12-14,20H,11H2,1-3H3,(H,24,27)(H,25,26)/t14-,20-/m1/s1. The van der Waals surface area contributed by atoms with Crippen LogP contribution in [0, 0.1) is 17.6 Å². The van der Waals surface area contributed by atoms with Crippen molar-refractivity contribution < 1.29 is 18.4 Å². The number of carbonyl (C=O) groups is 2. The molecule has 0 heterocycles. The van der Waals surface area contributed by atoms with Gasteiger partial charge in [-0.3, -0.25) is 9.59 Å². The van der Waals surface area contributed by atoms with Crippen LogP contribution < -0.4 is 10.6 Å². The van der Waals surface area contributed by atoms with Crippen molar-refractivity contribution >= 4 is 11.8 Å². The molecule has 0 aliphatic carbocycles. The molecule has 0 saturated heterocycles. The summed E-state index contributed by atoms with van der Waals surface area (Å²) in [5.74, 6) is -2.67. The summed E-state index contributed by atoms with van der Waals surface area (Å²) < 4.78 is 26.5. The number of nitrogens with one attached hydrogen (secondary N) is 2. The summed E-state index contributed by atoms with van der Waals surface area (Å²) in [5, 5.41) is 5.51. The third-order valence-electron chi connectivity index (χ3n) is 4.28. The number of carbonyl (C=O) groups excluding carboxylic acids is 2. The number of halogens is 2. The summed E-state index contributed by atoms with van der Waals surface area (Å²) in [4.78, 5) is 24.9. The molecule has 144 valence electrons. The van der Waals surface area contributed by atoms with E-state index >= 15 is 0 Å². The van der Waals surface area contributed by atoms with Crippen molar-refractivity contribution in [2.45, 2.75) is 39.3 Å². The molecule has 27 heavy (non-hydrogen) atoms. The molecule has 0 aromatic heterocycles. The van der Waals surface area contributed by atoms with E-state index in [0.29, 0.717) is 5.56 Å². The Balaban J connectivity index is 2.01. The van der Waals surface area contributed by atoms with E-state index in [4.69, 9.17) is 0 Å². The fraction of sp³-hybridized carbons (Fsp3) is 0.333. The van der Waals surface area contributed by atoms with Crippen molar-refractivity contribution in [2.24, 2.45) is 5.92 Å². The minimum atomic E-state index is -0.967. The Kier molecular flexibility index (Phi) is 7.05. The molecule has 6 heteroatoms. The van der Waals surface area contributed by atoms with Gasteiger partial charge in [-0.2, -0.15) is 0 Å². The lowest BCUT2D eigenvalue weighted by molar-refractivity contribution is -0.130. The van der Waals surface area contributed by atoms with Crippen LogP contribution in [0.4, 0.5) is 8.78 Å². The van der Waals surface area contributed by atoms with Crippen LogP contribution in [0.1, 0.15) is 37.9 Å². The Morgan fingerprint density at radius 3 is 2.19 bits per heavy atom. The first kappa shape index (κ1) is 20.6. The maximum atomic E-state index is 13.4. The molecule has 2 amide bonds. The lowest BCUT2D eigenvalue weighted by Crippen LogP contribution is -2.50. The third-order valence-corrected chi connectivity index (χ3v) is 4.28. The fourth-order valence-corrected chi connectivity index (χ4v) is 2.71. The summed E-state index contributed by atoms with van der Waals surface area (Å²) in [7, 11) is 0. The van der Waals surface area contributed by atoms with Gasteiger partial charge in [0.1, 0.15) is 6.04 Å². The minimum absolute atomic E-state index is 0.137. The van der Waals surface area contributed by atoms with Crippen LogP contribution in [0.25, 0.3) is 0 Å². The molecule has 2 aromatic carbocycles. The molecule has 0 aliphatic rings. The molecule has 0 unspecified atom stereocenters. The van der Waals surface area contributed by atoms with Crippen LogP contribution in [0.15, 0.2) is 48.5 Å². The molecule has 2 atom stereocenters. The highest BCUT2D eigenvalue weighted by Gasteiger charge is 2.25. The molecule has 0 bridgehead atoms.